The second kappa shape index (κ2) is 10.3. The van der Waals surface area contributed by atoms with E-state index < -0.39 is 6.10 Å². The molecule has 2 atom stereocenters. The molecule has 2 amide bonds. The molecule has 0 aromatic heterocycles. The van der Waals surface area contributed by atoms with Gasteiger partial charge in [-0.15, -0.1) is 12.4 Å². The molecule has 0 aliphatic carbocycles. The minimum Gasteiger partial charge on any atom is -0.364 e. The lowest BCUT2D eigenvalue weighted by Gasteiger charge is -2.21. The van der Waals surface area contributed by atoms with Crippen molar-refractivity contribution in [3.05, 3.63) is 35.9 Å². The molecule has 24 heavy (non-hydrogen) atoms. The zero-order chi connectivity index (χ0) is 16.7. The van der Waals surface area contributed by atoms with Gasteiger partial charge in [-0.05, 0) is 25.3 Å². The van der Waals surface area contributed by atoms with E-state index >= 15 is 0 Å². The molecule has 1 fully saturated rings. The first kappa shape index (κ1) is 20.4. The highest BCUT2D eigenvalue weighted by atomic mass is 35.5. The van der Waals surface area contributed by atoms with Crippen LogP contribution in [-0.4, -0.2) is 48.6 Å². The van der Waals surface area contributed by atoms with Gasteiger partial charge in [-0.2, -0.15) is 0 Å². The third kappa shape index (κ3) is 5.78. The molecule has 7 heteroatoms. The highest BCUT2D eigenvalue weighted by Gasteiger charge is 2.30. The third-order valence-corrected chi connectivity index (χ3v) is 4.03. The Morgan fingerprint density at radius 2 is 2.00 bits per heavy atom. The second-order valence-corrected chi connectivity index (χ2v) is 5.67. The number of nitrogens with one attached hydrogen (secondary N) is 1. The summed E-state index contributed by atoms with van der Waals surface area (Å²) < 4.78 is 5.53. The Kier molecular flexibility index (Phi) is 8.74. The molecule has 0 radical (unpaired) electrons. The van der Waals surface area contributed by atoms with Gasteiger partial charge in [0.15, 0.2) is 0 Å². The smallest absolute Gasteiger partial charge is 0.249 e. The molecule has 6 nitrogen and oxygen atoms in total. The normalized spacial score (nSPS) is 19.4. The number of hydrogen-bond donors (Lipinski definition) is 2. The van der Waals surface area contributed by atoms with Crippen LogP contribution in [0.3, 0.4) is 0 Å². The monoisotopic (exact) mass is 355 g/mol. The van der Waals surface area contributed by atoms with E-state index in [1.54, 1.807) is 4.90 Å². The summed E-state index contributed by atoms with van der Waals surface area (Å²) in [7, 11) is 0. The number of nitrogens with two attached hydrogens (primary N) is 1. The van der Waals surface area contributed by atoms with Crippen LogP contribution in [-0.2, 0) is 20.9 Å². The maximum Gasteiger partial charge on any atom is 0.249 e. The first-order valence-corrected chi connectivity index (χ1v) is 8.09. The van der Waals surface area contributed by atoms with Crippen molar-refractivity contribution in [1.82, 2.24) is 10.2 Å². The maximum atomic E-state index is 12.3. The summed E-state index contributed by atoms with van der Waals surface area (Å²) in [6.07, 6.45) is 0.910. The molecule has 1 aliphatic rings. The Hall–Kier alpha value is -1.63. The number of halogens is 1. The number of amides is 2. The van der Waals surface area contributed by atoms with Crippen LogP contribution in [0.15, 0.2) is 30.3 Å². The number of carbonyl (C=O) groups is 2. The van der Waals surface area contributed by atoms with Crippen molar-refractivity contribution in [3.63, 3.8) is 0 Å². The molecule has 1 aromatic rings. The van der Waals surface area contributed by atoms with Gasteiger partial charge in [0.25, 0.3) is 0 Å². The number of nitrogens with zero attached hydrogens (tertiary/aromatic N) is 1. The van der Waals surface area contributed by atoms with Gasteiger partial charge in [-0.3, -0.25) is 9.59 Å². The molecule has 3 N–H and O–H groups in total. The summed E-state index contributed by atoms with van der Waals surface area (Å²) in [6.45, 7) is 3.48. The predicted molar refractivity (Wildman–Crippen MR) is 94.7 cm³/mol. The molecule has 0 spiro atoms. The maximum absolute atomic E-state index is 12.3. The molecule has 134 valence electrons. The summed E-state index contributed by atoms with van der Waals surface area (Å²) >= 11 is 0. The molecule has 1 heterocycles. The Morgan fingerprint density at radius 3 is 2.58 bits per heavy atom. The fourth-order valence-corrected chi connectivity index (χ4v) is 2.64. The molecule has 2 rings (SSSR count). The lowest BCUT2D eigenvalue weighted by Crippen LogP contribution is -2.43. The fraction of sp³-hybridized carbons (Fsp3) is 0.529. The number of ether oxygens (including phenoxy) is 1. The van der Waals surface area contributed by atoms with E-state index in [0.717, 1.165) is 12.0 Å². The van der Waals surface area contributed by atoms with Gasteiger partial charge in [0.05, 0.1) is 12.6 Å². The van der Waals surface area contributed by atoms with Crippen molar-refractivity contribution < 1.29 is 14.3 Å². The molecular weight excluding hydrogens is 330 g/mol. The molecular formula is C17H26ClN3O3. The highest BCUT2D eigenvalue weighted by molar-refractivity contribution is 5.87. The highest BCUT2D eigenvalue weighted by Crippen LogP contribution is 2.18. The lowest BCUT2D eigenvalue weighted by molar-refractivity contribution is -0.137. The molecule has 0 unspecified atom stereocenters. The quantitative estimate of drug-likeness (QED) is 0.766. The number of hydrogen-bond acceptors (Lipinski definition) is 4. The van der Waals surface area contributed by atoms with Crippen molar-refractivity contribution in [2.75, 3.05) is 19.6 Å². The van der Waals surface area contributed by atoms with Gasteiger partial charge in [0, 0.05) is 19.6 Å². The largest absolute Gasteiger partial charge is 0.364 e. The van der Waals surface area contributed by atoms with E-state index in [1.165, 1.54) is 0 Å². The SMILES string of the molecule is CCN(Cc1ccccc1)C(=O)CNC(=O)[C@@H]1CC[C@H](CN)O1.Cl. The molecule has 1 aliphatic heterocycles. The first-order chi connectivity index (χ1) is 11.1. The predicted octanol–water partition coefficient (Wildman–Crippen LogP) is 1.08. The van der Waals surface area contributed by atoms with Gasteiger partial charge in [0.1, 0.15) is 6.10 Å². The number of likely N-dealkylation sites (N-methyl/N-ethyl adjacent to an activating group) is 1. The van der Waals surface area contributed by atoms with E-state index in [-0.39, 0.29) is 36.9 Å². The van der Waals surface area contributed by atoms with Crippen molar-refractivity contribution in [2.45, 2.75) is 38.5 Å². The summed E-state index contributed by atoms with van der Waals surface area (Å²) in [5, 5.41) is 2.67. The molecule has 1 aromatic carbocycles. The van der Waals surface area contributed by atoms with Gasteiger partial charge < -0.3 is 20.7 Å². The van der Waals surface area contributed by atoms with Crippen LogP contribution < -0.4 is 11.1 Å². The Morgan fingerprint density at radius 1 is 1.29 bits per heavy atom. The number of benzene rings is 1. The summed E-state index contributed by atoms with van der Waals surface area (Å²) in [5.74, 6) is -0.330. The molecule has 0 saturated carbocycles. The van der Waals surface area contributed by atoms with Crippen LogP contribution in [0.25, 0.3) is 0 Å². The summed E-state index contributed by atoms with van der Waals surface area (Å²) in [5.41, 5.74) is 6.60. The standard InChI is InChI=1S/C17H25N3O3.ClH/c1-2-20(12-13-6-4-3-5-7-13)16(21)11-19-17(22)15-9-8-14(10-18)23-15;/h3-7,14-15H,2,8-12,18H2,1H3,(H,19,22);1H/t14-,15+;/m1./s1. The van der Waals surface area contributed by atoms with Crippen LogP contribution in [0.1, 0.15) is 25.3 Å². The van der Waals surface area contributed by atoms with Crippen LogP contribution in [0, 0.1) is 0 Å². The van der Waals surface area contributed by atoms with E-state index in [4.69, 9.17) is 10.5 Å². The van der Waals surface area contributed by atoms with E-state index in [2.05, 4.69) is 5.32 Å². The zero-order valence-electron chi connectivity index (χ0n) is 13.9. The summed E-state index contributed by atoms with van der Waals surface area (Å²) in [4.78, 5) is 26.0. The first-order valence-electron chi connectivity index (χ1n) is 8.09. The Balaban J connectivity index is 0.00000288. The van der Waals surface area contributed by atoms with Gasteiger partial charge in [0.2, 0.25) is 11.8 Å². The topological polar surface area (TPSA) is 84.7 Å². The summed E-state index contributed by atoms with van der Waals surface area (Å²) in [6, 6.07) is 9.79. The van der Waals surface area contributed by atoms with Crippen molar-refractivity contribution >= 4 is 24.2 Å². The van der Waals surface area contributed by atoms with Gasteiger partial charge in [-0.25, -0.2) is 0 Å². The van der Waals surface area contributed by atoms with E-state index in [1.807, 2.05) is 37.3 Å². The number of carbonyl (C=O) groups excluding carboxylic acids is 2. The second-order valence-electron chi connectivity index (χ2n) is 5.67. The minimum atomic E-state index is -0.486. The van der Waals surface area contributed by atoms with Crippen LogP contribution in [0.2, 0.25) is 0 Å². The van der Waals surface area contributed by atoms with E-state index in [9.17, 15) is 9.59 Å². The third-order valence-electron chi connectivity index (χ3n) is 4.03. The molecule has 0 bridgehead atoms. The van der Waals surface area contributed by atoms with Crippen molar-refractivity contribution in [2.24, 2.45) is 5.73 Å². The van der Waals surface area contributed by atoms with Crippen molar-refractivity contribution in [3.8, 4) is 0 Å². The Bertz CT molecular complexity index is 527. The van der Waals surface area contributed by atoms with Crippen LogP contribution >= 0.6 is 12.4 Å². The minimum absolute atomic E-state index is 0. The van der Waals surface area contributed by atoms with Gasteiger partial charge >= 0.3 is 0 Å². The average molecular weight is 356 g/mol. The van der Waals surface area contributed by atoms with Crippen molar-refractivity contribution in [1.29, 1.82) is 0 Å². The van der Waals surface area contributed by atoms with Crippen LogP contribution in [0.5, 0.6) is 0 Å². The average Bonchev–Trinajstić information content (AvgIpc) is 3.07. The molecule has 1 saturated heterocycles. The zero-order valence-corrected chi connectivity index (χ0v) is 14.8. The van der Waals surface area contributed by atoms with Gasteiger partial charge in [-0.1, -0.05) is 30.3 Å². The van der Waals surface area contributed by atoms with E-state index in [0.29, 0.717) is 26.1 Å². The number of rotatable bonds is 7. The van der Waals surface area contributed by atoms with Crippen LogP contribution in [0.4, 0.5) is 0 Å². The lowest BCUT2D eigenvalue weighted by atomic mass is 10.2. The Labute approximate surface area is 149 Å². The fourth-order valence-electron chi connectivity index (χ4n) is 2.64.